The Morgan fingerprint density at radius 1 is 1.40 bits per heavy atom. The van der Waals surface area contributed by atoms with Gasteiger partial charge in [0.25, 0.3) is 0 Å². The van der Waals surface area contributed by atoms with Crippen LogP contribution in [0.1, 0.15) is 22.8 Å². The molecule has 2 amide bonds. The van der Waals surface area contributed by atoms with E-state index in [2.05, 4.69) is 10.6 Å². The molecule has 0 bridgehead atoms. The van der Waals surface area contributed by atoms with Gasteiger partial charge in [-0.2, -0.15) is 0 Å². The number of ether oxygens (including phenoxy) is 1. The molecule has 3 N–H and O–H groups in total. The molecule has 0 heterocycles. The second kappa shape index (κ2) is 7.49. The number of rotatable bonds is 6. The lowest BCUT2D eigenvalue weighted by Gasteiger charge is -2.14. The minimum absolute atomic E-state index is 0.176. The maximum Gasteiger partial charge on any atom is 0.336 e. The summed E-state index contributed by atoms with van der Waals surface area (Å²) in [6.45, 7) is 4.66. The number of benzene rings is 1. The van der Waals surface area contributed by atoms with Crippen molar-refractivity contribution in [2.75, 3.05) is 25.6 Å². The van der Waals surface area contributed by atoms with Gasteiger partial charge in [-0.1, -0.05) is 13.0 Å². The lowest BCUT2D eigenvalue weighted by molar-refractivity contribution is 0.0696. The van der Waals surface area contributed by atoms with E-state index in [1.807, 2.05) is 6.92 Å². The average Bonchev–Trinajstić information content (AvgIpc) is 2.39. The minimum Gasteiger partial charge on any atom is -0.478 e. The molecule has 0 fully saturated rings. The van der Waals surface area contributed by atoms with Crippen LogP contribution in [-0.4, -0.2) is 37.4 Å². The molecule has 0 saturated carbocycles. The Morgan fingerprint density at radius 2 is 2.10 bits per heavy atom. The number of carbonyl (C=O) groups is 2. The third-order valence-corrected chi connectivity index (χ3v) is 2.87. The fourth-order valence-electron chi connectivity index (χ4n) is 1.78. The van der Waals surface area contributed by atoms with Crippen LogP contribution in [0.5, 0.6) is 0 Å². The standard InChI is InChI=1S/C14H20N2O4/c1-9(8-20-3)7-15-14(19)16-12-6-4-5-11(10(12)2)13(17)18/h4-6,9H,7-8H2,1-3H3,(H,17,18)(H2,15,16,19). The summed E-state index contributed by atoms with van der Waals surface area (Å²) >= 11 is 0. The van der Waals surface area contributed by atoms with Crippen molar-refractivity contribution in [3.63, 3.8) is 0 Å². The highest BCUT2D eigenvalue weighted by Crippen LogP contribution is 2.18. The summed E-state index contributed by atoms with van der Waals surface area (Å²) in [5, 5.41) is 14.4. The van der Waals surface area contributed by atoms with Gasteiger partial charge in [0.05, 0.1) is 12.2 Å². The van der Waals surface area contributed by atoms with E-state index in [4.69, 9.17) is 9.84 Å². The molecule has 0 radical (unpaired) electrons. The maximum atomic E-state index is 11.7. The zero-order chi connectivity index (χ0) is 15.1. The predicted octanol–water partition coefficient (Wildman–Crippen LogP) is 2.10. The Hall–Kier alpha value is -2.08. The van der Waals surface area contributed by atoms with E-state index in [9.17, 15) is 9.59 Å². The number of carboxylic acid groups (broad SMARTS) is 1. The van der Waals surface area contributed by atoms with Gasteiger partial charge >= 0.3 is 12.0 Å². The summed E-state index contributed by atoms with van der Waals surface area (Å²) in [7, 11) is 1.61. The lowest BCUT2D eigenvalue weighted by atomic mass is 10.1. The summed E-state index contributed by atoms with van der Waals surface area (Å²) in [6, 6.07) is 4.40. The second-order valence-electron chi connectivity index (χ2n) is 4.68. The smallest absolute Gasteiger partial charge is 0.336 e. The van der Waals surface area contributed by atoms with Crippen LogP contribution in [0.15, 0.2) is 18.2 Å². The Balaban J connectivity index is 2.62. The number of carboxylic acids is 1. The highest BCUT2D eigenvalue weighted by molar-refractivity contribution is 5.95. The van der Waals surface area contributed by atoms with Crippen LogP contribution in [0.25, 0.3) is 0 Å². The normalized spacial score (nSPS) is 11.8. The number of carbonyl (C=O) groups excluding carboxylic acids is 1. The van der Waals surface area contributed by atoms with Gasteiger partial charge in [0.1, 0.15) is 0 Å². The number of urea groups is 1. The summed E-state index contributed by atoms with van der Waals surface area (Å²) < 4.78 is 4.98. The molecule has 1 aromatic rings. The summed E-state index contributed by atoms with van der Waals surface area (Å²) in [5.41, 5.74) is 1.19. The third kappa shape index (κ3) is 4.55. The van der Waals surface area contributed by atoms with Crippen molar-refractivity contribution in [3.8, 4) is 0 Å². The predicted molar refractivity (Wildman–Crippen MR) is 76.2 cm³/mol. The first-order chi connectivity index (χ1) is 9.45. The van der Waals surface area contributed by atoms with Gasteiger partial charge in [0, 0.05) is 19.3 Å². The molecule has 0 saturated heterocycles. The molecule has 0 spiro atoms. The van der Waals surface area contributed by atoms with Gasteiger partial charge in [-0.15, -0.1) is 0 Å². The van der Waals surface area contributed by atoms with Crippen LogP contribution in [0.4, 0.5) is 10.5 Å². The van der Waals surface area contributed by atoms with E-state index in [1.165, 1.54) is 6.07 Å². The minimum atomic E-state index is -1.01. The Bertz CT molecular complexity index is 488. The first-order valence-corrected chi connectivity index (χ1v) is 6.32. The third-order valence-electron chi connectivity index (χ3n) is 2.87. The van der Waals surface area contributed by atoms with E-state index in [1.54, 1.807) is 26.2 Å². The first-order valence-electron chi connectivity index (χ1n) is 6.32. The van der Waals surface area contributed by atoms with Gasteiger partial charge in [0.15, 0.2) is 0 Å². The molecule has 6 heteroatoms. The molecule has 110 valence electrons. The van der Waals surface area contributed by atoms with Crippen molar-refractivity contribution in [2.45, 2.75) is 13.8 Å². The maximum absolute atomic E-state index is 11.7. The van der Waals surface area contributed by atoms with E-state index in [0.717, 1.165) is 0 Å². The van der Waals surface area contributed by atoms with Crippen molar-refractivity contribution in [2.24, 2.45) is 5.92 Å². The van der Waals surface area contributed by atoms with Crippen LogP contribution in [0, 0.1) is 12.8 Å². The summed E-state index contributed by atoms with van der Waals surface area (Å²) in [6.07, 6.45) is 0. The van der Waals surface area contributed by atoms with Gasteiger partial charge in [-0.25, -0.2) is 9.59 Å². The van der Waals surface area contributed by atoms with Crippen LogP contribution in [0.2, 0.25) is 0 Å². The van der Waals surface area contributed by atoms with E-state index < -0.39 is 5.97 Å². The number of anilines is 1. The quantitative estimate of drug-likeness (QED) is 0.744. The topological polar surface area (TPSA) is 87.7 Å². The zero-order valence-electron chi connectivity index (χ0n) is 11.9. The zero-order valence-corrected chi connectivity index (χ0v) is 11.9. The molecule has 6 nitrogen and oxygen atoms in total. The molecule has 1 rings (SSSR count). The highest BCUT2D eigenvalue weighted by atomic mass is 16.5. The van der Waals surface area contributed by atoms with E-state index >= 15 is 0 Å². The van der Waals surface area contributed by atoms with Crippen LogP contribution in [0.3, 0.4) is 0 Å². The fourth-order valence-corrected chi connectivity index (χ4v) is 1.78. The summed E-state index contributed by atoms with van der Waals surface area (Å²) in [5.74, 6) is -0.808. The fraction of sp³-hybridized carbons (Fsp3) is 0.429. The average molecular weight is 280 g/mol. The van der Waals surface area contributed by atoms with Crippen LogP contribution < -0.4 is 10.6 Å². The number of hydrogen-bond donors (Lipinski definition) is 3. The van der Waals surface area contributed by atoms with Crippen molar-refractivity contribution < 1.29 is 19.4 Å². The molecule has 1 aromatic carbocycles. The van der Waals surface area contributed by atoms with Crippen LogP contribution in [-0.2, 0) is 4.74 Å². The second-order valence-corrected chi connectivity index (χ2v) is 4.68. The molecular weight excluding hydrogens is 260 g/mol. The van der Waals surface area contributed by atoms with E-state index in [-0.39, 0.29) is 17.5 Å². The molecule has 0 aliphatic rings. The molecule has 1 unspecified atom stereocenters. The summed E-state index contributed by atoms with van der Waals surface area (Å²) in [4.78, 5) is 22.7. The van der Waals surface area contributed by atoms with Gasteiger partial charge in [-0.05, 0) is 30.5 Å². The van der Waals surface area contributed by atoms with Crippen LogP contribution >= 0.6 is 0 Å². The first kappa shape index (κ1) is 16.0. The van der Waals surface area contributed by atoms with Crippen molar-refractivity contribution in [3.05, 3.63) is 29.3 Å². The molecule has 0 aliphatic heterocycles. The van der Waals surface area contributed by atoms with Crippen molar-refractivity contribution in [1.82, 2.24) is 5.32 Å². The number of hydrogen-bond acceptors (Lipinski definition) is 3. The lowest BCUT2D eigenvalue weighted by Crippen LogP contribution is -2.33. The van der Waals surface area contributed by atoms with Crippen molar-refractivity contribution >= 4 is 17.7 Å². The monoisotopic (exact) mass is 280 g/mol. The van der Waals surface area contributed by atoms with E-state index in [0.29, 0.717) is 24.4 Å². The van der Waals surface area contributed by atoms with Gasteiger partial charge in [-0.3, -0.25) is 0 Å². The molecule has 1 atom stereocenters. The SMILES string of the molecule is COCC(C)CNC(=O)Nc1cccc(C(=O)O)c1C. The van der Waals surface area contributed by atoms with Gasteiger partial charge < -0.3 is 20.5 Å². The number of aromatic carboxylic acids is 1. The number of nitrogens with one attached hydrogen (secondary N) is 2. The Morgan fingerprint density at radius 3 is 2.70 bits per heavy atom. The van der Waals surface area contributed by atoms with Crippen molar-refractivity contribution in [1.29, 1.82) is 0 Å². The number of methoxy groups -OCH3 is 1. The highest BCUT2D eigenvalue weighted by Gasteiger charge is 2.12. The molecular formula is C14H20N2O4. The molecule has 0 aliphatic carbocycles. The Labute approximate surface area is 118 Å². The number of amides is 2. The largest absolute Gasteiger partial charge is 0.478 e. The molecule has 20 heavy (non-hydrogen) atoms. The Kier molecular flexibility index (Phi) is 5.99. The van der Waals surface area contributed by atoms with Gasteiger partial charge in [0.2, 0.25) is 0 Å². The molecule has 0 aromatic heterocycles.